The zero-order chi connectivity index (χ0) is 25.4. The van der Waals surface area contributed by atoms with Crippen LogP contribution >= 0.6 is 0 Å². The first-order chi connectivity index (χ1) is 16.0. The number of fused-ring (bicyclic) bond motifs is 1. The number of carboxylic acid groups (broad SMARTS) is 1. The number of hydrogen-bond donors (Lipinski definition) is 8. The molecule has 10 N–H and O–H groups in total. The molecule has 1 heterocycles. The Morgan fingerprint density at radius 3 is 2.26 bits per heavy atom. The summed E-state index contributed by atoms with van der Waals surface area (Å²) in [5.41, 5.74) is 12.0. The van der Waals surface area contributed by atoms with E-state index in [2.05, 4.69) is 20.9 Å². The molecule has 0 aliphatic heterocycles. The van der Waals surface area contributed by atoms with Gasteiger partial charge in [0.25, 0.3) is 0 Å². The minimum Gasteiger partial charge on any atom is -0.480 e. The number of amides is 4. The number of carbonyl (C=O) groups excluding carboxylic acids is 4. The fourth-order valence-electron chi connectivity index (χ4n) is 3.17. The highest BCUT2D eigenvalue weighted by molar-refractivity contribution is 5.96. The number of carbonyl (C=O) groups is 5. The van der Waals surface area contributed by atoms with E-state index < -0.39 is 66.8 Å². The van der Waals surface area contributed by atoms with Gasteiger partial charge in [0.1, 0.15) is 24.2 Å². The van der Waals surface area contributed by atoms with Crippen molar-refractivity contribution in [2.75, 3.05) is 6.61 Å². The predicted molar refractivity (Wildman–Crippen MR) is 120 cm³/mol. The molecule has 13 heteroatoms. The van der Waals surface area contributed by atoms with Crippen molar-refractivity contribution in [1.29, 1.82) is 0 Å². The summed E-state index contributed by atoms with van der Waals surface area (Å²) in [6, 6.07) is 1.96. The maximum absolute atomic E-state index is 12.8. The van der Waals surface area contributed by atoms with Crippen LogP contribution in [0.15, 0.2) is 30.5 Å². The normalized spacial score (nSPS) is 14.4. The molecule has 0 saturated heterocycles. The van der Waals surface area contributed by atoms with Gasteiger partial charge in [0.15, 0.2) is 0 Å². The highest BCUT2D eigenvalue weighted by Crippen LogP contribution is 2.19. The molecular weight excluding hydrogens is 448 g/mol. The molecule has 0 saturated carbocycles. The lowest BCUT2D eigenvalue weighted by Crippen LogP contribution is -2.57. The molecule has 184 valence electrons. The molecule has 4 unspecified atom stereocenters. The van der Waals surface area contributed by atoms with Crippen molar-refractivity contribution in [3.8, 4) is 0 Å². The van der Waals surface area contributed by atoms with Crippen molar-refractivity contribution >= 4 is 40.5 Å². The second-order valence-corrected chi connectivity index (χ2v) is 7.71. The van der Waals surface area contributed by atoms with Gasteiger partial charge in [-0.1, -0.05) is 18.2 Å². The van der Waals surface area contributed by atoms with E-state index in [1.807, 2.05) is 12.1 Å². The number of aromatic amines is 1. The Morgan fingerprint density at radius 2 is 1.65 bits per heavy atom. The summed E-state index contributed by atoms with van der Waals surface area (Å²) in [5, 5.41) is 26.2. The van der Waals surface area contributed by atoms with E-state index in [4.69, 9.17) is 16.6 Å². The minimum absolute atomic E-state index is 0.0617. The van der Waals surface area contributed by atoms with Crippen LogP contribution in [0.1, 0.15) is 18.9 Å². The van der Waals surface area contributed by atoms with E-state index in [1.165, 1.54) is 6.92 Å². The Morgan fingerprint density at radius 1 is 1.00 bits per heavy atom. The number of para-hydroxylation sites is 1. The van der Waals surface area contributed by atoms with Gasteiger partial charge in [-0.15, -0.1) is 0 Å². The first-order valence-electron chi connectivity index (χ1n) is 10.4. The number of aromatic nitrogens is 1. The molecule has 34 heavy (non-hydrogen) atoms. The van der Waals surface area contributed by atoms with Crippen molar-refractivity contribution < 1.29 is 34.2 Å². The predicted octanol–water partition coefficient (Wildman–Crippen LogP) is -2.54. The Labute approximate surface area is 194 Å². The van der Waals surface area contributed by atoms with Gasteiger partial charge in [-0.2, -0.15) is 0 Å². The van der Waals surface area contributed by atoms with Crippen LogP contribution in [0.4, 0.5) is 0 Å². The molecule has 2 rings (SSSR count). The van der Waals surface area contributed by atoms with Crippen molar-refractivity contribution in [1.82, 2.24) is 20.9 Å². The van der Waals surface area contributed by atoms with Crippen LogP contribution in [0.5, 0.6) is 0 Å². The number of aliphatic carboxylic acids is 1. The lowest BCUT2D eigenvalue weighted by Gasteiger charge is -2.23. The lowest BCUT2D eigenvalue weighted by atomic mass is 10.0. The molecular formula is C21H28N6O7. The standard InChI is InChI=1S/C21H28N6O7/c1-10(25-19(31)13(22)9-28)18(30)26-15(7-17(23)29)20(32)27-16(21(33)34)6-11-8-24-14-5-3-2-4-12(11)14/h2-5,8,10,13,15-16,24,28H,6-7,9,22H2,1H3,(H2,23,29)(H,25,31)(H,26,30)(H,27,32)(H,33,34). The number of nitrogens with two attached hydrogens (primary N) is 2. The largest absolute Gasteiger partial charge is 0.480 e. The molecule has 0 aliphatic carbocycles. The van der Waals surface area contributed by atoms with Crippen LogP contribution in [0.2, 0.25) is 0 Å². The minimum atomic E-state index is -1.49. The number of primary amides is 1. The zero-order valence-electron chi connectivity index (χ0n) is 18.4. The number of aliphatic hydroxyl groups is 1. The van der Waals surface area contributed by atoms with Gasteiger partial charge in [0.2, 0.25) is 23.6 Å². The number of carboxylic acids is 1. The first-order valence-corrected chi connectivity index (χ1v) is 10.4. The molecule has 1 aromatic heterocycles. The molecule has 0 aliphatic rings. The summed E-state index contributed by atoms with van der Waals surface area (Å²) < 4.78 is 0. The average molecular weight is 476 g/mol. The van der Waals surface area contributed by atoms with E-state index in [-0.39, 0.29) is 6.42 Å². The van der Waals surface area contributed by atoms with Crippen LogP contribution in [0.25, 0.3) is 10.9 Å². The van der Waals surface area contributed by atoms with Gasteiger partial charge in [-0.25, -0.2) is 4.79 Å². The Hall–Kier alpha value is -3.97. The number of nitrogens with one attached hydrogen (secondary N) is 4. The molecule has 4 amide bonds. The molecule has 1 aromatic carbocycles. The van der Waals surface area contributed by atoms with Crippen molar-refractivity contribution in [2.45, 2.75) is 43.9 Å². The van der Waals surface area contributed by atoms with Crippen LogP contribution in [-0.2, 0) is 30.4 Å². The Bertz CT molecular complexity index is 1070. The second kappa shape index (κ2) is 11.8. The smallest absolute Gasteiger partial charge is 0.326 e. The molecule has 0 fully saturated rings. The number of aliphatic hydroxyl groups excluding tert-OH is 1. The lowest BCUT2D eigenvalue weighted by molar-refractivity contribution is -0.142. The summed E-state index contributed by atoms with van der Waals surface area (Å²) in [6.07, 6.45) is 0.971. The SMILES string of the molecule is CC(NC(=O)C(N)CO)C(=O)NC(CC(N)=O)C(=O)NC(Cc1c[nH]c2ccccc12)C(=O)O. The van der Waals surface area contributed by atoms with E-state index in [0.29, 0.717) is 5.56 Å². The van der Waals surface area contributed by atoms with Gasteiger partial charge in [0.05, 0.1) is 13.0 Å². The number of hydrogen-bond acceptors (Lipinski definition) is 7. The summed E-state index contributed by atoms with van der Waals surface area (Å²) >= 11 is 0. The summed E-state index contributed by atoms with van der Waals surface area (Å²) in [6.45, 7) is 0.660. The van der Waals surface area contributed by atoms with Crippen molar-refractivity contribution in [3.05, 3.63) is 36.0 Å². The fraction of sp³-hybridized carbons (Fsp3) is 0.381. The van der Waals surface area contributed by atoms with Gasteiger partial charge >= 0.3 is 5.97 Å². The van der Waals surface area contributed by atoms with E-state index in [9.17, 15) is 29.1 Å². The fourth-order valence-corrected chi connectivity index (χ4v) is 3.17. The van der Waals surface area contributed by atoms with Gasteiger partial charge in [-0.3, -0.25) is 19.2 Å². The number of H-pyrrole nitrogens is 1. The highest BCUT2D eigenvalue weighted by atomic mass is 16.4. The third-order valence-corrected chi connectivity index (χ3v) is 5.04. The summed E-state index contributed by atoms with van der Waals surface area (Å²) in [5.74, 6) is -4.82. The quantitative estimate of drug-likeness (QED) is 0.162. The second-order valence-electron chi connectivity index (χ2n) is 7.71. The molecule has 0 radical (unpaired) electrons. The van der Waals surface area contributed by atoms with Gasteiger partial charge in [-0.05, 0) is 18.6 Å². The number of rotatable bonds is 12. The Kier molecular flexibility index (Phi) is 9.10. The van der Waals surface area contributed by atoms with Crippen molar-refractivity contribution in [3.63, 3.8) is 0 Å². The van der Waals surface area contributed by atoms with Crippen LogP contribution in [0, 0.1) is 0 Å². The average Bonchev–Trinajstić information content (AvgIpc) is 3.19. The van der Waals surface area contributed by atoms with Crippen LogP contribution in [-0.4, -0.2) is 75.6 Å². The first kappa shape index (κ1) is 26.3. The van der Waals surface area contributed by atoms with Gasteiger partial charge < -0.3 is 42.6 Å². The molecule has 0 spiro atoms. The molecule has 2 aromatic rings. The van der Waals surface area contributed by atoms with Crippen LogP contribution < -0.4 is 27.4 Å². The number of benzene rings is 1. The third kappa shape index (κ3) is 7.02. The summed E-state index contributed by atoms with van der Waals surface area (Å²) in [4.78, 5) is 63.2. The van der Waals surface area contributed by atoms with E-state index in [1.54, 1.807) is 18.3 Å². The van der Waals surface area contributed by atoms with E-state index in [0.717, 1.165) is 10.9 Å². The molecule has 0 bridgehead atoms. The maximum atomic E-state index is 12.8. The maximum Gasteiger partial charge on any atom is 0.326 e. The topological polar surface area (TPSA) is 230 Å². The zero-order valence-corrected chi connectivity index (χ0v) is 18.4. The summed E-state index contributed by atoms with van der Waals surface area (Å²) in [7, 11) is 0. The molecule has 13 nitrogen and oxygen atoms in total. The van der Waals surface area contributed by atoms with Gasteiger partial charge in [0, 0.05) is 23.5 Å². The third-order valence-electron chi connectivity index (χ3n) is 5.04. The molecule has 4 atom stereocenters. The van der Waals surface area contributed by atoms with Crippen LogP contribution in [0.3, 0.4) is 0 Å². The Balaban J connectivity index is 2.11. The highest BCUT2D eigenvalue weighted by Gasteiger charge is 2.30. The van der Waals surface area contributed by atoms with Crippen molar-refractivity contribution in [2.24, 2.45) is 11.5 Å². The van der Waals surface area contributed by atoms with E-state index >= 15 is 0 Å². The monoisotopic (exact) mass is 476 g/mol.